The highest BCUT2D eigenvalue weighted by molar-refractivity contribution is 5.52. The smallest absolute Gasteiger partial charge is 0.227 e. The molecule has 1 saturated carbocycles. The van der Waals surface area contributed by atoms with Gasteiger partial charge >= 0.3 is 0 Å². The molecule has 0 amide bonds. The molecule has 0 bridgehead atoms. The Morgan fingerprint density at radius 3 is 2.79 bits per heavy atom. The molecule has 0 N–H and O–H groups in total. The van der Waals surface area contributed by atoms with Crippen LogP contribution in [0.3, 0.4) is 0 Å². The van der Waals surface area contributed by atoms with Crippen LogP contribution in [0.5, 0.6) is 0 Å². The van der Waals surface area contributed by atoms with Crippen molar-refractivity contribution in [2.45, 2.75) is 32.7 Å². The fourth-order valence-electron chi connectivity index (χ4n) is 3.33. The molecule has 2 aromatic rings. The van der Waals surface area contributed by atoms with Gasteiger partial charge in [0.25, 0.3) is 0 Å². The predicted octanol–water partition coefficient (Wildman–Crippen LogP) is 2.61. The highest BCUT2D eigenvalue weighted by Crippen LogP contribution is 2.32. The van der Waals surface area contributed by atoms with Crippen LogP contribution in [0.25, 0.3) is 11.5 Å². The minimum Gasteiger partial charge on any atom is -0.381 e. The van der Waals surface area contributed by atoms with Crippen LogP contribution in [-0.4, -0.2) is 46.1 Å². The van der Waals surface area contributed by atoms with Gasteiger partial charge in [-0.15, -0.1) is 10.2 Å². The van der Waals surface area contributed by atoms with E-state index in [0.717, 1.165) is 62.7 Å². The van der Waals surface area contributed by atoms with Crippen molar-refractivity contribution in [1.29, 1.82) is 0 Å². The van der Waals surface area contributed by atoms with Crippen molar-refractivity contribution in [3.05, 3.63) is 24.4 Å². The molecular weight excluding hydrogens is 302 g/mol. The first-order valence-electron chi connectivity index (χ1n) is 9.02. The molecule has 1 aliphatic heterocycles. The number of aromatic nitrogens is 4. The van der Waals surface area contributed by atoms with Gasteiger partial charge in [0.05, 0.1) is 6.61 Å². The number of hydrogen-bond donors (Lipinski definition) is 0. The molecular formula is C18H25N5O. The minimum atomic E-state index is 0.529. The molecule has 4 rings (SSSR count). The van der Waals surface area contributed by atoms with Gasteiger partial charge in [0.2, 0.25) is 5.95 Å². The van der Waals surface area contributed by atoms with E-state index in [2.05, 4.69) is 31.6 Å². The predicted molar refractivity (Wildman–Crippen MR) is 92.8 cm³/mol. The van der Waals surface area contributed by atoms with E-state index >= 15 is 0 Å². The summed E-state index contributed by atoms with van der Waals surface area (Å²) in [4.78, 5) is 6.85. The number of hydrogen-bond acceptors (Lipinski definition) is 5. The van der Waals surface area contributed by atoms with Gasteiger partial charge in [-0.2, -0.15) is 0 Å². The van der Waals surface area contributed by atoms with Gasteiger partial charge in [-0.3, -0.25) is 9.55 Å². The Hall–Kier alpha value is -1.95. The fraction of sp³-hybridized carbons (Fsp3) is 0.611. The van der Waals surface area contributed by atoms with Crippen molar-refractivity contribution in [2.24, 2.45) is 11.8 Å². The number of rotatable bonds is 7. The van der Waals surface area contributed by atoms with Crippen molar-refractivity contribution in [1.82, 2.24) is 19.7 Å². The zero-order valence-corrected chi connectivity index (χ0v) is 14.3. The normalized spacial score (nSPS) is 20.5. The summed E-state index contributed by atoms with van der Waals surface area (Å²) in [6, 6.07) is 5.94. The summed E-state index contributed by atoms with van der Waals surface area (Å²) in [5.41, 5.74) is 0.887. The second kappa shape index (κ2) is 6.89. The lowest BCUT2D eigenvalue weighted by atomic mass is 10.1. The molecule has 3 heterocycles. The van der Waals surface area contributed by atoms with Crippen molar-refractivity contribution in [3.8, 4) is 11.5 Å². The molecule has 2 fully saturated rings. The molecule has 0 spiro atoms. The average Bonchev–Trinajstić information content (AvgIpc) is 3.12. The zero-order chi connectivity index (χ0) is 16.4. The van der Waals surface area contributed by atoms with Gasteiger partial charge in [-0.05, 0) is 44.2 Å². The van der Waals surface area contributed by atoms with Crippen LogP contribution in [0.15, 0.2) is 24.4 Å². The van der Waals surface area contributed by atoms with Crippen LogP contribution in [0.1, 0.15) is 26.2 Å². The monoisotopic (exact) mass is 327 g/mol. The van der Waals surface area contributed by atoms with Crippen molar-refractivity contribution in [3.63, 3.8) is 0 Å². The third-order valence-electron chi connectivity index (χ3n) is 4.93. The zero-order valence-electron chi connectivity index (χ0n) is 14.3. The third kappa shape index (κ3) is 3.29. The van der Waals surface area contributed by atoms with Crippen LogP contribution in [0, 0.1) is 11.8 Å². The third-order valence-corrected chi connectivity index (χ3v) is 4.93. The molecule has 0 aromatic carbocycles. The molecule has 2 aliphatic rings. The number of nitrogens with zero attached hydrogens (tertiary/aromatic N) is 5. The van der Waals surface area contributed by atoms with Crippen LogP contribution < -0.4 is 4.90 Å². The standard InChI is InChI=1S/C18H25N5O/c1-2-22(11-14-6-7-14)18-21-20-17(16-5-3-4-9-19-16)23(18)12-15-8-10-24-13-15/h3-5,9,14-15H,2,6-8,10-13H2,1H3. The van der Waals surface area contributed by atoms with Crippen LogP contribution in [0.2, 0.25) is 0 Å². The maximum Gasteiger partial charge on any atom is 0.227 e. The maximum absolute atomic E-state index is 5.57. The molecule has 1 aliphatic carbocycles. The van der Waals surface area contributed by atoms with Gasteiger partial charge < -0.3 is 9.64 Å². The highest BCUT2D eigenvalue weighted by Gasteiger charge is 2.28. The first-order chi connectivity index (χ1) is 11.8. The van der Waals surface area contributed by atoms with Gasteiger partial charge in [0, 0.05) is 38.4 Å². The summed E-state index contributed by atoms with van der Waals surface area (Å²) >= 11 is 0. The minimum absolute atomic E-state index is 0.529. The summed E-state index contributed by atoms with van der Waals surface area (Å²) in [6.45, 7) is 6.82. The summed E-state index contributed by atoms with van der Waals surface area (Å²) in [6.07, 6.45) is 5.60. The van der Waals surface area contributed by atoms with E-state index in [4.69, 9.17) is 4.74 Å². The topological polar surface area (TPSA) is 56.1 Å². The van der Waals surface area contributed by atoms with Crippen LogP contribution in [-0.2, 0) is 11.3 Å². The summed E-state index contributed by atoms with van der Waals surface area (Å²) in [5, 5.41) is 9.04. The fourth-order valence-corrected chi connectivity index (χ4v) is 3.33. The molecule has 6 heteroatoms. The Balaban J connectivity index is 1.67. The SMILES string of the molecule is CCN(CC1CC1)c1nnc(-c2ccccn2)n1CC1CCOC1. The summed E-state index contributed by atoms with van der Waals surface area (Å²) in [7, 11) is 0. The van der Waals surface area contributed by atoms with E-state index in [9.17, 15) is 0 Å². The van der Waals surface area contributed by atoms with E-state index in [1.165, 1.54) is 12.8 Å². The Morgan fingerprint density at radius 2 is 2.12 bits per heavy atom. The molecule has 1 atom stereocenters. The molecule has 6 nitrogen and oxygen atoms in total. The summed E-state index contributed by atoms with van der Waals surface area (Å²) < 4.78 is 7.83. The molecule has 0 radical (unpaired) electrons. The molecule has 1 unspecified atom stereocenters. The van der Waals surface area contributed by atoms with Crippen molar-refractivity contribution < 1.29 is 4.74 Å². The number of ether oxygens (including phenoxy) is 1. The van der Waals surface area contributed by atoms with E-state index in [0.29, 0.717) is 5.92 Å². The van der Waals surface area contributed by atoms with Gasteiger partial charge in [0.15, 0.2) is 5.82 Å². The average molecular weight is 327 g/mol. The maximum atomic E-state index is 5.57. The van der Waals surface area contributed by atoms with E-state index in [-0.39, 0.29) is 0 Å². The molecule has 128 valence electrons. The van der Waals surface area contributed by atoms with E-state index < -0.39 is 0 Å². The second-order valence-corrected chi connectivity index (χ2v) is 6.86. The molecule has 1 saturated heterocycles. The lowest BCUT2D eigenvalue weighted by Crippen LogP contribution is -2.29. The highest BCUT2D eigenvalue weighted by atomic mass is 16.5. The van der Waals surface area contributed by atoms with Gasteiger partial charge in [0.1, 0.15) is 5.69 Å². The number of anilines is 1. The molecule has 24 heavy (non-hydrogen) atoms. The van der Waals surface area contributed by atoms with E-state index in [1.54, 1.807) is 0 Å². The quantitative estimate of drug-likeness (QED) is 0.782. The first kappa shape index (κ1) is 15.6. The van der Waals surface area contributed by atoms with E-state index in [1.807, 2.05) is 24.4 Å². The lowest BCUT2D eigenvalue weighted by Gasteiger charge is -2.23. The van der Waals surface area contributed by atoms with Crippen molar-refractivity contribution >= 4 is 5.95 Å². The molecule has 2 aromatic heterocycles. The lowest BCUT2D eigenvalue weighted by molar-refractivity contribution is 0.182. The van der Waals surface area contributed by atoms with Crippen molar-refractivity contribution in [2.75, 3.05) is 31.2 Å². The Kier molecular flexibility index (Phi) is 4.47. The van der Waals surface area contributed by atoms with Gasteiger partial charge in [-0.25, -0.2) is 0 Å². The Morgan fingerprint density at radius 1 is 1.21 bits per heavy atom. The van der Waals surface area contributed by atoms with Crippen LogP contribution in [0.4, 0.5) is 5.95 Å². The first-order valence-corrected chi connectivity index (χ1v) is 9.02. The Bertz CT molecular complexity index is 661. The van der Waals surface area contributed by atoms with Gasteiger partial charge in [-0.1, -0.05) is 6.07 Å². The number of pyridine rings is 1. The van der Waals surface area contributed by atoms with Crippen LogP contribution >= 0.6 is 0 Å². The second-order valence-electron chi connectivity index (χ2n) is 6.86. The summed E-state index contributed by atoms with van der Waals surface area (Å²) in [5.74, 6) is 3.20. The Labute approximate surface area is 142 Å². The largest absolute Gasteiger partial charge is 0.381 e.